The molecule has 0 saturated carbocycles. The molecule has 0 unspecified atom stereocenters. The summed E-state index contributed by atoms with van der Waals surface area (Å²) in [4.78, 5) is 27.8. The molecule has 0 radical (unpaired) electrons. The average Bonchev–Trinajstić information content (AvgIpc) is 2.96. The molecule has 2 saturated heterocycles. The summed E-state index contributed by atoms with van der Waals surface area (Å²) in [6.45, 7) is 3.47. The van der Waals surface area contributed by atoms with Crippen LogP contribution in [0.5, 0.6) is 0 Å². The van der Waals surface area contributed by atoms with Gasteiger partial charge < -0.3 is 15.5 Å². The van der Waals surface area contributed by atoms with Gasteiger partial charge in [0, 0.05) is 43.9 Å². The predicted molar refractivity (Wildman–Crippen MR) is 105 cm³/mol. The van der Waals surface area contributed by atoms with Gasteiger partial charge in [0.1, 0.15) is 0 Å². The van der Waals surface area contributed by atoms with E-state index in [1.807, 2.05) is 6.08 Å². The van der Waals surface area contributed by atoms with Crippen molar-refractivity contribution < 1.29 is 9.59 Å². The van der Waals surface area contributed by atoms with Crippen molar-refractivity contribution >= 4 is 23.6 Å². The Bertz CT molecular complexity index is 638. The van der Waals surface area contributed by atoms with Gasteiger partial charge >= 0.3 is 0 Å². The summed E-state index contributed by atoms with van der Waals surface area (Å²) in [6, 6.07) is 8.44. The second-order valence-corrected chi connectivity index (χ2v) is 7.33. The van der Waals surface area contributed by atoms with Crippen LogP contribution in [0.3, 0.4) is 0 Å². The quantitative estimate of drug-likeness (QED) is 0.845. The van der Waals surface area contributed by atoms with E-state index in [0.29, 0.717) is 25.9 Å². The first kappa shape index (κ1) is 18.5. The highest BCUT2D eigenvalue weighted by atomic mass is 16.2. The number of carbonyl (C=O) groups is 2. The number of rotatable bonds is 4. The second kappa shape index (κ2) is 8.88. The molecular weight excluding hydrogens is 326 g/mol. The molecule has 0 spiro atoms. The van der Waals surface area contributed by atoms with Crippen LogP contribution in [0.25, 0.3) is 6.08 Å². The Morgan fingerprint density at radius 1 is 0.923 bits per heavy atom. The first-order chi connectivity index (χ1) is 12.6. The Hall–Kier alpha value is -2.30. The van der Waals surface area contributed by atoms with Gasteiger partial charge in [-0.05, 0) is 49.5 Å². The minimum absolute atomic E-state index is 0.00418. The van der Waals surface area contributed by atoms with Gasteiger partial charge in [0.25, 0.3) is 0 Å². The van der Waals surface area contributed by atoms with Crippen LogP contribution in [0.4, 0.5) is 5.69 Å². The van der Waals surface area contributed by atoms with Crippen molar-refractivity contribution in [1.29, 1.82) is 0 Å². The number of nitrogens with zero attached hydrogens (tertiary/aromatic N) is 2. The summed E-state index contributed by atoms with van der Waals surface area (Å²) in [5.74, 6) is -0.337. The molecule has 0 aliphatic carbocycles. The summed E-state index contributed by atoms with van der Waals surface area (Å²) in [5.41, 5.74) is 7.64. The van der Waals surface area contributed by atoms with E-state index in [4.69, 9.17) is 5.73 Å². The van der Waals surface area contributed by atoms with Gasteiger partial charge in [0.15, 0.2) is 0 Å². The third-order valence-electron chi connectivity index (χ3n) is 5.49. The lowest BCUT2D eigenvalue weighted by Crippen LogP contribution is -2.41. The summed E-state index contributed by atoms with van der Waals surface area (Å²) in [6.07, 6.45) is 10.0. The number of primary amides is 1. The molecule has 2 fully saturated rings. The molecule has 3 rings (SSSR count). The van der Waals surface area contributed by atoms with E-state index in [1.165, 1.54) is 31.4 Å². The summed E-state index contributed by atoms with van der Waals surface area (Å²) >= 11 is 0. The maximum atomic E-state index is 12.3. The van der Waals surface area contributed by atoms with Crippen molar-refractivity contribution in [2.75, 3.05) is 31.1 Å². The van der Waals surface area contributed by atoms with Crippen molar-refractivity contribution in [1.82, 2.24) is 4.90 Å². The van der Waals surface area contributed by atoms with Crippen LogP contribution in [-0.2, 0) is 9.59 Å². The highest BCUT2D eigenvalue weighted by molar-refractivity contribution is 5.92. The molecule has 0 bridgehead atoms. The molecule has 2 N–H and O–H groups in total. The molecule has 0 aromatic heterocycles. The fourth-order valence-electron chi connectivity index (χ4n) is 3.78. The van der Waals surface area contributed by atoms with Crippen LogP contribution in [0.15, 0.2) is 30.3 Å². The van der Waals surface area contributed by atoms with Gasteiger partial charge in [-0.25, -0.2) is 0 Å². The number of hydrogen-bond donors (Lipinski definition) is 1. The van der Waals surface area contributed by atoms with E-state index in [0.717, 1.165) is 18.7 Å². The summed E-state index contributed by atoms with van der Waals surface area (Å²) in [5, 5.41) is 0. The molecule has 5 nitrogen and oxygen atoms in total. The van der Waals surface area contributed by atoms with Gasteiger partial charge in [0.05, 0.1) is 0 Å². The highest BCUT2D eigenvalue weighted by Gasteiger charge is 2.24. The number of piperidine rings is 1. The highest BCUT2D eigenvalue weighted by Crippen LogP contribution is 2.21. The van der Waals surface area contributed by atoms with E-state index < -0.39 is 0 Å². The molecule has 1 aromatic carbocycles. The Kier molecular flexibility index (Phi) is 6.31. The molecule has 140 valence electrons. The number of amides is 2. The Balaban J connectivity index is 1.53. The molecule has 2 amide bonds. The van der Waals surface area contributed by atoms with E-state index in [1.54, 1.807) is 11.0 Å². The van der Waals surface area contributed by atoms with Gasteiger partial charge in [-0.2, -0.15) is 0 Å². The van der Waals surface area contributed by atoms with E-state index in [-0.39, 0.29) is 17.7 Å². The van der Waals surface area contributed by atoms with Crippen molar-refractivity contribution in [3.63, 3.8) is 0 Å². The number of benzene rings is 1. The lowest BCUT2D eigenvalue weighted by molar-refractivity contribution is -0.130. The van der Waals surface area contributed by atoms with Gasteiger partial charge in [-0.3, -0.25) is 9.59 Å². The zero-order valence-corrected chi connectivity index (χ0v) is 15.4. The Morgan fingerprint density at radius 2 is 1.54 bits per heavy atom. The largest absolute Gasteiger partial charge is 0.372 e. The van der Waals surface area contributed by atoms with Crippen LogP contribution in [0.2, 0.25) is 0 Å². The third-order valence-corrected chi connectivity index (χ3v) is 5.49. The van der Waals surface area contributed by atoms with Crippen molar-refractivity contribution in [2.45, 2.75) is 38.5 Å². The number of hydrogen-bond acceptors (Lipinski definition) is 3. The summed E-state index contributed by atoms with van der Waals surface area (Å²) < 4.78 is 0. The molecule has 26 heavy (non-hydrogen) atoms. The molecular formula is C21H29N3O2. The maximum Gasteiger partial charge on any atom is 0.246 e. The van der Waals surface area contributed by atoms with Crippen LogP contribution in [0.1, 0.15) is 44.1 Å². The topological polar surface area (TPSA) is 66.6 Å². The molecule has 0 atom stereocenters. The normalized spacial score (nSPS) is 19.5. The average molecular weight is 355 g/mol. The number of likely N-dealkylation sites (tertiary alicyclic amines) is 1. The van der Waals surface area contributed by atoms with Crippen molar-refractivity contribution in [3.05, 3.63) is 35.9 Å². The number of carbonyl (C=O) groups excluding carboxylic acids is 2. The SMILES string of the molecule is NC(=O)C1CCN(C(=O)C=Cc2ccc(N3CCCCCC3)cc2)CC1. The fraction of sp³-hybridized carbons (Fsp3) is 0.524. The zero-order valence-electron chi connectivity index (χ0n) is 15.4. The lowest BCUT2D eigenvalue weighted by Gasteiger charge is -2.29. The first-order valence-electron chi connectivity index (χ1n) is 9.75. The molecule has 2 aliphatic heterocycles. The molecule has 2 aliphatic rings. The predicted octanol–water partition coefficient (Wildman–Crippen LogP) is 2.80. The van der Waals surface area contributed by atoms with Crippen LogP contribution < -0.4 is 10.6 Å². The van der Waals surface area contributed by atoms with E-state index in [9.17, 15) is 9.59 Å². The monoisotopic (exact) mass is 355 g/mol. The van der Waals surface area contributed by atoms with Crippen LogP contribution in [0, 0.1) is 5.92 Å². The third kappa shape index (κ3) is 4.87. The Morgan fingerprint density at radius 3 is 2.12 bits per heavy atom. The minimum atomic E-state index is -0.253. The van der Waals surface area contributed by atoms with E-state index in [2.05, 4.69) is 29.2 Å². The fourth-order valence-corrected chi connectivity index (χ4v) is 3.78. The zero-order chi connectivity index (χ0) is 18.4. The molecule has 5 heteroatoms. The summed E-state index contributed by atoms with van der Waals surface area (Å²) in [7, 11) is 0. The van der Waals surface area contributed by atoms with Gasteiger partial charge in [-0.15, -0.1) is 0 Å². The van der Waals surface area contributed by atoms with Gasteiger partial charge in [0.2, 0.25) is 11.8 Å². The lowest BCUT2D eigenvalue weighted by atomic mass is 9.96. The van der Waals surface area contributed by atoms with Gasteiger partial charge in [-0.1, -0.05) is 25.0 Å². The second-order valence-electron chi connectivity index (χ2n) is 7.33. The molecule has 2 heterocycles. The molecule has 1 aromatic rings. The van der Waals surface area contributed by atoms with Crippen molar-refractivity contribution in [2.24, 2.45) is 11.7 Å². The first-order valence-corrected chi connectivity index (χ1v) is 9.75. The van der Waals surface area contributed by atoms with Crippen LogP contribution >= 0.6 is 0 Å². The van der Waals surface area contributed by atoms with Crippen LogP contribution in [-0.4, -0.2) is 42.9 Å². The Labute approximate surface area is 155 Å². The maximum absolute atomic E-state index is 12.3. The minimum Gasteiger partial charge on any atom is -0.372 e. The van der Waals surface area contributed by atoms with Crippen molar-refractivity contribution in [3.8, 4) is 0 Å². The standard InChI is InChI=1S/C21H29N3O2/c22-21(26)18-11-15-24(16-12-18)20(25)10-7-17-5-8-19(9-6-17)23-13-3-1-2-4-14-23/h5-10,18H,1-4,11-16H2,(H2,22,26). The number of anilines is 1. The number of nitrogens with two attached hydrogens (primary N) is 1. The van der Waals surface area contributed by atoms with E-state index >= 15 is 0 Å². The smallest absolute Gasteiger partial charge is 0.246 e.